The van der Waals surface area contributed by atoms with Crippen LogP contribution in [0.15, 0.2) is 42.9 Å². The van der Waals surface area contributed by atoms with Crippen LogP contribution in [0.1, 0.15) is 49.2 Å². The van der Waals surface area contributed by atoms with Crippen LogP contribution >= 0.6 is 0 Å². The maximum absolute atomic E-state index is 12.9. The topological polar surface area (TPSA) is 101 Å². The van der Waals surface area contributed by atoms with Crippen molar-refractivity contribution in [1.29, 1.82) is 0 Å². The summed E-state index contributed by atoms with van der Waals surface area (Å²) in [5.41, 5.74) is 3.04. The van der Waals surface area contributed by atoms with E-state index in [4.69, 9.17) is 5.11 Å². The van der Waals surface area contributed by atoms with Crippen LogP contribution in [0.25, 0.3) is 11.1 Å². The minimum atomic E-state index is -2.66. The summed E-state index contributed by atoms with van der Waals surface area (Å²) >= 11 is 0. The molecule has 0 saturated heterocycles. The number of benzene rings is 1. The molecule has 0 amide bonds. The van der Waals surface area contributed by atoms with Gasteiger partial charge in [-0.05, 0) is 67.9 Å². The molecule has 1 saturated carbocycles. The lowest BCUT2D eigenvalue weighted by Crippen LogP contribution is -2.22. The van der Waals surface area contributed by atoms with Gasteiger partial charge in [0.15, 0.2) is 0 Å². The fourth-order valence-corrected chi connectivity index (χ4v) is 4.19. The van der Waals surface area contributed by atoms with Crippen LogP contribution in [-0.2, 0) is 11.2 Å². The third kappa shape index (κ3) is 5.85. The number of anilines is 2. The lowest BCUT2D eigenvalue weighted by molar-refractivity contribution is -0.143. The molecule has 0 atom stereocenters. The van der Waals surface area contributed by atoms with Crippen LogP contribution in [0.3, 0.4) is 0 Å². The summed E-state index contributed by atoms with van der Waals surface area (Å²) in [5, 5.41) is 12.1. The number of nitrogens with one attached hydrogen (secondary N) is 1. The van der Waals surface area contributed by atoms with E-state index in [9.17, 15) is 13.6 Å². The second kappa shape index (κ2) is 9.97. The molecule has 2 heterocycles. The predicted molar refractivity (Wildman–Crippen MR) is 119 cm³/mol. The zero-order valence-electron chi connectivity index (χ0n) is 18.2. The second-order valence-electron chi connectivity index (χ2n) is 8.47. The van der Waals surface area contributed by atoms with Gasteiger partial charge in [0, 0.05) is 36.3 Å². The van der Waals surface area contributed by atoms with Gasteiger partial charge in [-0.15, -0.1) is 0 Å². The molecule has 7 nitrogen and oxygen atoms in total. The Morgan fingerprint density at radius 3 is 2.48 bits per heavy atom. The molecule has 1 aliphatic carbocycles. The van der Waals surface area contributed by atoms with E-state index >= 15 is 0 Å². The Morgan fingerprint density at radius 1 is 1.09 bits per heavy atom. The van der Waals surface area contributed by atoms with Gasteiger partial charge in [0.1, 0.15) is 11.5 Å². The zero-order chi connectivity index (χ0) is 23.4. The Kier molecular flexibility index (Phi) is 6.86. The lowest BCUT2D eigenvalue weighted by Gasteiger charge is -2.25. The molecule has 0 spiro atoms. The van der Waals surface area contributed by atoms with E-state index in [1.807, 2.05) is 25.1 Å². The van der Waals surface area contributed by atoms with Gasteiger partial charge in [0.25, 0.3) is 6.43 Å². The van der Waals surface area contributed by atoms with Crippen molar-refractivity contribution in [3.05, 3.63) is 59.9 Å². The van der Waals surface area contributed by atoms with Gasteiger partial charge in [0.05, 0.1) is 5.92 Å². The van der Waals surface area contributed by atoms with Crippen molar-refractivity contribution in [2.75, 3.05) is 5.32 Å². The Balaban J connectivity index is 1.44. The zero-order valence-corrected chi connectivity index (χ0v) is 18.2. The third-order valence-electron chi connectivity index (χ3n) is 5.94. The second-order valence-corrected chi connectivity index (χ2v) is 8.47. The molecule has 172 valence electrons. The van der Waals surface area contributed by atoms with E-state index < -0.39 is 12.4 Å². The monoisotopic (exact) mass is 453 g/mol. The number of carbonyl (C=O) groups is 1. The van der Waals surface area contributed by atoms with E-state index in [0.717, 1.165) is 41.8 Å². The summed E-state index contributed by atoms with van der Waals surface area (Å²) in [5.74, 6) is 0.339. The van der Waals surface area contributed by atoms with Gasteiger partial charge in [-0.3, -0.25) is 4.79 Å². The molecule has 4 rings (SSSR count). The van der Waals surface area contributed by atoms with Crippen molar-refractivity contribution >= 4 is 17.6 Å². The molecule has 0 unspecified atom stereocenters. The van der Waals surface area contributed by atoms with Crippen LogP contribution in [-0.4, -0.2) is 31.0 Å². The Morgan fingerprint density at radius 2 is 1.82 bits per heavy atom. The highest BCUT2D eigenvalue weighted by molar-refractivity contribution is 5.70. The first-order chi connectivity index (χ1) is 15.9. The van der Waals surface area contributed by atoms with Crippen molar-refractivity contribution < 1.29 is 18.7 Å². The normalized spacial score (nSPS) is 18.3. The molecule has 1 aromatic carbocycles. The summed E-state index contributed by atoms with van der Waals surface area (Å²) in [6.07, 6.45) is 6.11. The largest absolute Gasteiger partial charge is 0.481 e. The molecule has 0 aliphatic heterocycles. The molecular formula is C24H25F2N5O2. The first kappa shape index (κ1) is 22.7. The first-order valence-electron chi connectivity index (χ1n) is 10.9. The van der Waals surface area contributed by atoms with Gasteiger partial charge in [0.2, 0.25) is 5.95 Å². The summed E-state index contributed by atoms with van der Waals surface area (Å²) in [7, 11) is 0. The number of halogens is 2. The van der Waals surface area contributed by atoms with Gasteiger partial charge in [-0.1, -0.05) is 6.07 Å². The number of aromatic nitrogens is 4. The molecule has 0 bridgehead atoms. The van der Waals surface area contributed by atoms with Crippen LogP contribution in [0, 0.1) is 18.8 Å². The van der Waals surface area contributed by atoms with E-state index in [2.05, 4.69) is 25.3 Å². The molecule has 2 N–H and O–H groups in total. The quantitative estimate of drug-likeness (QED) is 0.497. The molecule has 3 aromatic rings. The average molecular weight is 453 g/mol. The van der Waals surface area contributed by atoms with Gasteiger partial charge < -0.3 is 10.4 Å². The van der Waals surface area contributed by atoms with Crippen molar-refractivity contribution in [3.63, 3.8) is 0 Å². The fraction of sp³-hybridized carbons (Fsp3) is 0.375. The molecule has 0 radical (unpaired) electrons. The van der Waals surface area contributed by atoms with Crippen LogP contribution in [0.2, 0.25) is 0 Å². The van der Waals surface area contributed by atoms with Crippen LogP contribution in [0.5, 0.6) is 0 Å². The number of rotatable bonds is 7. The SMILES string of the molecule is Cc1cc(Nc2nccc(C(F)F)n2)cc(-c2cnc(C[C@H]3CC[C@H](C(=O)O)CC3)nc2)c1. The number of hydrogen-bond acceptors (Lipinski definition) is 6. The molecule has 2 aromatic heterocycles. The minimum Gasteiger partial charge on any atom is -0.481 e. The van der Waals surface area contributed by atoms with Crippen molar-refractivity contribution in [2.24, 2.45) is 11.8 Å². The number of aliphatic carboxylic acids is 1. The van der Waals surface area contributed by atoms with Gasteiger partial charge in [-0.2, -0.15) is 0 Å². The van der Waals surface area contributed by atoms with E-state index in [1.54, 1.807) is 12.4 Å². The highest BCUT2D eigenvalue weighted by Gasteiger charge is 2.26. The number of aryl methyl sites for hydroxylation is 1. The van der Waals surface area contributed by atoms with Crippen LogP contribution in [0.4, 0.5) is 20.4 Å². The third-order valence-corrected chi connectivity index (χ3v) is 5.94. The summed E-state index contributed by atoms with van der Waals surface area (Å²) < 4.78 is 25.8. The predicted octanol–water partition coefficient (Wildman–Crippen LogP) is 5.36. The fourth-order valence-electron chi connectivity index (χ4n) is 4.19. The van der Waals surface area contributed by atoms with Crippen molar-refractivity contribution in [1.82, 2.24) is 19.9 Å². The Bertz CT molecular complexity index is 1120. The molecular weight excluding hydrogens is 428 g/mol. The average Bonchev–Trinajstić information content (AvgIpc) is 2.80. The molecule has 33 heavy (non-hydrogen) atoms. The van der Waals surface area contributed by atoms with Gasteiger partial charge in [-0.25, -0.2) is 28.7 Å². The maximum Gasteiger partial charge on any atom is 0.306 e. The van der Waals surface area contributed by atoms with E-state index in [-0.39, 0.29) is 17.6 Å². The smallest absolute Gasteiger partial charge is 0.306 e. The number of nitrogens with zero attached hydrogens (tertiary/aromatic N) is 4. The van der Waals surface area contributed by atoms with E-state index in [0.29, 0.717) is 24.4 Å². The lowest BCUT2D eigenvalue weighted by atomic mass is 9.80. The highest BCUT2D eigenvalue weighted by atomic mass is 19.3. The number of carboxylic acid groups (broad SMARTS) is 1. The summed E-state index contributed by atoms with van der Waals surface area (Å²) in [6.45, 7) is 1.94. The Hall–Kier alpha value is -3.49. The first-order valence-corrected chi connectivity index (χ1v) is 10.9. The van der Waals surface area contributed by atoms with Crippen molar-refractivity contribution in [3.8, 4) is 11.1 Å². The standard InChI is InChI=1S/C24H25F2N5O2/c1-14-8-17(11-19(9-14)30-24-27-7-6-20(31-24)22(25)26)18-12-28-21(29-13-18)10-15-2-4-16(5-3-15)23(32)33/h6-9,11-13,15-16,22H,2-5,10H2,1H3,(H,32,33)(H,27,30,31)/t15-,16-. The number of hydrogen-bond donors (Lipinski definition) is 2. The minimum absolute atomic E-state index is 0.105. The van der Waals surface area contributed by atoms with Crippen LogP contribution < -0.4 is 5.32 Å². The van der Waals surface area contributed by atoms with E-state index in [1.165, 1.54) is 12.3 Å². The molecule has 9 heteroatoms. The van der Waals surface area contributed by atoms with Gasteiger partial charge >= 0.3 is 5.97 Å². The molecule has 1 aliphatic rings. The number of alkyl halides is 2. The van der Waals surface area contributed by atoms with Crippen molar-refractivity contribution in [2.45, 2.75) is 45.5 Å². The highest BCUT2D eigenvalue weighted by Crippen LogP contribution is 2.31. The number of carboxylic acids is 1. The maximum atomic E-state index is 12.9. The molecule has 1 fully saturated rings. The Labute approximate surface area is 190 Å². The summed E-state index contributed by atoms with van der Waals surface area (Å²) in [6, 6.07) is 6.93. The summed E-state index contributed by atoms with van der Waals surface area (Å²) in [4.78, 5) is 28.0.